The van der Waals surface area contributed by atoms with Gasteiger partial charge in [-0.25, -0.2) is 9.64 Å². The van der Waals surface area contributed by atoms with Crippen LogP contribution in [0.2, 0.25) is 5.02 Å². The highest BCUT2D eigenvalue weighted by Gasteiger charge is 2.21. The number of hydrogen-bond donors (Lipinski definition) is 2. The van der Waals surface area contributed by atoms with Crippen LogP contribution >= 0.6 is 22.9 Å². The number of amides is 1. The zero-order valence-electron chi connectivity index (χ0n) is 14.6. The molecular weight excluding hydrogens is 396 g/mol. The van der Waals surface area contributed by atoms with Crippen molar-refractivity contribution in [1.82, 2.24) is 0 Å². The lowest BCUT2D eigenvalue weighted by Gasteiger charge is -2.07. The molecule has 1 aromatic heterocycles. The van der Waals surface area contributed by atoms with Crippen LogP contribution in [0.3, 0.4) is 0 Å². The van der Waals surface area contributed by atoms with Gasteiger partial charge in [0.05, 0.1) is 6.57 Å². The molecule has 0 fully saturated rings. The van der Waals surface area contributed by atoms with E-state index in [4.69, 9.17) is 18.2 Å². The second-order valence-corrected chi connectivity index (χ2v) is 7.27. The molecule has 3 aromatic rings. The smallest absolute Gasteiger partial charge is 0.339 e. The second kappa shape index (κ2) is 8.70. The number of halogens is 1. The number of carboxylic acid groups (broad SMARTS) is 1. The Balaban J connectivity index is 1.77. The summed E-state index contributed by atoms with van der Waals surface area (Å²) in [6.07, 6.45) is 0.558. The quantitative estimate of drug-likeness (QED) is 0.498. The third-order valence-corrected chi connectivity index (χ3v) is 5.29. The van der Waals surface area contributed by atoms with Gasteiger partial charge in [-0.3, -0.25) is 4.79 Å². The average Bonchev–Trinajstić information content (AvgIpc) is 3.11. The molecule has 2 N–H and O–H groups in total. The molecule has 2 aromatic carbocycles. The first-order valence-electron chi connectivity index (χ1n) is 8.35. The van der Waals surface area contributed by atoms with Gasteiger partial charge >= 0.3 is 5.97 Å². The zero-order valence-corrected chi connectivity index (χ0v) is 16.2. The molecule has 0 atom stereocenters. The van der Waals surface area contributed by atoms with Crippen molar-refractivity contribution in [2.75, 3.05) is 5.32 Å². The molecule has 0 unspecified atom stereocenters. The highest BCUT2D eigenvalue weighted by molar-refractivity contribution is 7.15. The molecule has 0 aliphatic heterocycles. The van der Waals surface area contributed by atoms with E-state index in [-0.39, 0.29) is 17.9 Å². The first-order chi connectivity index (χ1) is 13.5. The maximum absolute atomic E-state index is 12.4. The number of nitrogens with one attached hydrogen (secondary N) is 1. The van der Waals surface area contributed by atoms with Gasteiger partial charge in [-0.05, 0) is 29.7 Å². The van der Waals surface area contributed by atoms with E-state index >= 15 is 0 Å². The molecule has 0 radical (unpaired) electrons. The van der Waals surface area contributed by atoms with E-state index in [9.17, 15) is 14.7 Å². The van der Waals surface area contributed by atoms with Crippen molar-refractivity contribution in [3.63, 3.8) is 0 Å². The minimum absolute atomic E-state index is 0.0576. The predicted molar refractivity (Wildman–Crippen MR) is 111 cm³/mol. The Hall–Kier alpha value is -3.14. The van der Waals surface area contributed by atoms with Gasteiger partial charge in [0.25, 0.3) is 0 Å². The summed E-state index contributed by atoms with van der Waals surface area (Å²) in [6.45, 7) is 7.18. The SMILES string of the molecule is [C-]#[N+]c1ccccc1CCC(=O)Nc1scc(-c2ccc(Cl)cc2)c1C(=O)O. The Bertz CT molecular complexity index is 1070. The number of carbonyl (C=O) groups is 2. The number of nitrogens with zero attached hydrogens (tertiary/aromatic N) is 1. The molecule has 1 heterocycles. The highest BCUT2D eigenvalue weighted by Crippen LogP contribution is 2.36. The van der Waals surface area contributed by atoms with Crippen LogP contribution in [0.4, 0.5) is 10.7 Å². The van der Waals surface area contributed by atoms with E-state index in [2.05, 4.69) is 10.2 Å². The first kappa shape index (κ1) is 19.6. The largest absolute Gasteiger partial charge is 0.478 e. The molecule has 1 amide bonds. The second-order valence-electron chi connectivity index (χ2n) is 5.95. The molecule has 3 rings (SSSR count). The van der Waals surface area contributed by atoms with E-state index in [1.807, 2.05) is 12.1 Å². The van der Waals surface area contributed by atoms with Gasteiger partial charge in [0.1, 0.15) is 10.6 Å². The molecule has 0 aliphatic carbocycles. The Labute approximate surface area is 171 Å². The molecule has 140 valence electrons. The van der Waals surface area contributed by atoms with Crippen LogP contribution in [0.25, 0.3) is 16.0 Å². The Morgan fingerprint density at radius 3 is 2.54 bits per heavy atom. The summed E-state index contributed by atoms with van der Waals surface area (Å²) in [4.78, 5) is 27.6. The fourth-order valence-corrected chi connectivity index (χ4v) is 3.88. The van der Waals surface area contributed by atoms with Crippen LogP contribution in [-0.4, -0.2) is 17.0 Å². The van der Waals surface area contributed by atoms with Crippen molar-refractivity contribution in [2.45, 2.75) is 12.8 Å². The van der Waals surface area contributed by atoms with Crippen LogP contribution in [0.5, 0.6) is 0 Å². The molecule has 0 spiro atoms. The van der Waals surface area contributed by atoms with Gasteiger partial charge in [-0.15, -0.1) is 11.3 Å². The molecule has 28 heavy (non-hydrogen) atoms. The number of benzene rings is 2. The summed E-state index contributed by atoms with van der Waals surface area (Å²) in [5.74, 6) is -1.41. The lowest BCUT2D eigenvalue weighted by Crippen LogP contribution is -2.14. The maximum Gasteiger partial charge on any atom is 0.339 e. The zero-order chi connectivity index (χ0) is 20.1. The molecule has 0 aliphatic rings. The summed E-state index contributed by atoms with van der Waals surface area (Å²) >= 11 is 7.06. The van der Waals surface area contributed by atoms with Gasteiger partial charge in [-0.1, -0.05) is 48.0 Å². The van der Waals surface area contributed by atoms with Crippen LogP contribution < -0.4 is 5.32 Å². The molecular formula is C21H15ClN2O3S. The fraction of sp³-hybridized carbons (Fsp3) is 0.0952. The summed E-state index contributed by atoms with van der Waals surface area (Å²) in [5.41, 5.74) is 2.61. The van der Waals surface area contributed by atoms with E-state index in [0.717, 1.165) is 5.56 Å². The first-order valence-corrected chi connectivity index (χ1v) is 9.61. The fourth-order valence-electron chi connectivity index (χ4n) is 2.77. The summed E-state index contributed by atoms with van der Waals surface area (Å²) in [7, 11) is 0. The van der Waals surface area contributed by atoms with Gasteiger partial charge in [0.15, 0.2) is 5.69 Å². The summed E-state index contributed by atoms with van der Waals surface area (Å²) in [5, 5.41) is 14.9. The van der Waals surface area contributed by atoms with Crippen molar-refractivity contribution in [3.8, 4) is 11.1 Å². The minimum atomic E-state index is -1.11. The Kier molecular flexibility index (Phi) is 6.09. The number of carbonyl (C=O) groups excluding carboxylic acids is 1. The predicted octanol–water partition coefficient (Wildman–Crippen LogP) is 5.89. The van der Waals surface area contributed by atoms with E-state index in [1.54, 1.807) is 41.8 Å². The lowest BCUT2D eigenvalue weighted by molar-refractivity contribution is -0.116. The van der Waals surface area contributed by atoms with Crippen LogP contribution in [0, 0.1) is 6.57 Å². The van der Waals surface area contributed by atoms with Crippen LogP contribution in [-0.2, 0) is 11.2 Å². The molecule has 0 saturated carbocycles. The summed E-state index contributed by atoms with van der Waals surface area (Å²) < 4.78 is 0. The van der Waals surface area contributed by atoms with Gasteiger partial charge in [0, 0.05) is 22.4 Å². The normalized spacial score (nSPS) is 10.3. The number of rotatable bonds is 6. The van der Waals surface area contributed by atoms with Crippen LogP contribution in [0.15, 0.2) is 53.9 Å². The highest BCUT2D eigenvalue weighted by atomic mass is 35.5. The van der Waals surface area contributed by atoms with E-state index < -0.39 is 5.97 Å². The number of para-hydroxylation sites is 1. The topological polar surface area (TPSA) is 70.8 Å². The monoisotopic (exact) mass is 410 g/mol. The summed E-state index contributed by atoms with van der Waals surface area (Å²) in [6, 6.07) is 14.0. The maximum atomic E-state index is 12.4. The molecule has 7 heteroatoms. The van der Waals surface area contributed by atoms with Crippen molar-refractivity contribution < 1.29 is 14.7 Å². The number of aromatic carboxylic acids is 1. The number of carboxylic acids is 1. The molecule has 0 saturated heterocycles. The number of hydrogen-bond acceptors (Lipinski definition) is 3. The number of thiophene rings is 1. The van der Waals surface area contributed by atoms with Crippen molar-refractivity contribution in [2.24, 2.45) is 0 Å². The minimum Gasteiger partial charge on any atom is -0.478 e. The molecule has 0 bridgehead atoms. The third kappa shape index (κ3) is 4.39. The van der Waals surface area contributed by atoms with Gasteiger partial charge in [0.2, 0.25) is 5.91 Å². The van der Waals surface area contributed by atoms with Crippen molar-refractivity contribution in [3.05, 3.63) is 81.5 Å². The number of anilines is 1. The lowest BCUT2D eigenvalue weighted by atomic mass is 10.0. The van der Waals surface area contributed by atoms with Crippen LogP contribution in [0.1, 0.15) is 22.3 Å². The van der Waals surface area contributed by atoms with Gasteiger partial charge < -0.3 is 10.4 Å². The standard InChI is InChI=1S/C21H15ClN2O3S/c1-23-17-5-3-2-4-14(17)8-11-18(25)24-20-19(21(26)27)16(12-28-20)13-6-9-15(22)10-7-13/h2-7,9-10,12H,8,11H2,(H,24,25)(H,26,27). The Morgan fingerprint density at radius 1 is 1.14 bits per heavy atom. The van der Waals surface area contributed by atoms with Gasteiger partial charge in [-0.2, -0.15) is 0 Å². The third-order valence-electron chi connectivity index (χ3n) is 4.15. The van der Waals surface area contributed by atoms with Crippen molar-refractivity contribution in [1.29, 1.82) is 0 Å². The van der Waals surface area contributed by atoms with E-state index in [1.165, 1.54) is 11.3 Å². The van der Waals surface area contributed by atoms with E-state index in [0.29, 0.717) is 33.3 Å². The Morgan fingerprint density at radius 2 is 1.86 bits per heavy atom. The number of aryl methyl sites for hydroxylation is 1. The molecule has 5 nitrogen and oxygen atoms in total. The average molecular weight is 411 g/mol. The van der Waals surface area contributed by atoms with Crippen molar-refractivity contribution >= 4 is 45.5 Å².